The molecule has 0 bridgehead atoms. The van der Waals surface area contributed by atoms with Crippen molar-refractivity contribution in [1.82, 2.24) is 0 Å². The zero-order valence-electron chi connectivity index (χ0n) is 17.3. The van der Waals surface area contributed by atoms with Crippen LogP contribution in [0, 0.1) is 0 Å². The highest BCUT2D eigenvalue weighted by molar-refractivity contribution is 6.05. The molecule has 0 saturated heterocycles. The number of carbonyl (C=O) groups excluding carboxylic acids is 2. The molecule has 6 nitrogen and oxygen atoms in total. The highest BCUT2D eigenvalue weighted by Gasteiger charge is 2.22. The Bertz CT molecular complexity index is 894. The predicted molar refractivity (Wildman–Crippen MR) is 114 cm³/mol. The van der Waals surface area contributed by atoms with Crippen LogP contribution in [0.3, 0.4) is 0 Å². The summed E-state index contributed by atoms with van der Waals surface area (Å²) in [7, 11) is 0. The van der Waals surface area contributed by atoms with Crippen LogP contribution < -0.4 is 19.7 Å². The Balaban J connectivity index is 1.79. The number of ether oxygens (including phenoxy) is 2. The van der Waals surface area contributed by atoms with Gasteiger partial charge in [-0.15, -0.1) is 0 Å². The van der Waals surface area contributed by atoms with E-state index in [0.717, 1.165) is 30.6 Å². The summed E-state index contributed by atoms with van der Waals surface area (Å²) in [5.74, 6) is 1.09. The van der Waals surface area contributed by atoms with Crippen LogP contribution in [0.5, 0.6) is 11.5 Å². The van der Waals surface area contributed by atoms with Gasteiger partial charge >= 0.3 is 0 Å². The number of nitrogens with zero attached hydrogens (tertiary/aromatic N) is 1. The lowest BCUT2D eigenvalue weighted by Crippen LogP contribution is -2.34. The monoisotopic (exact) mass is 396 g/mol. The summed E-state index contributed by atoms with van der Waals surface area (Å²) in [4.78, 5) is 26.8. The number of rotatable bonds is 7. The van der Waals surface area contributed by atoms with Crippen LogP contribution in [-0.2, 0) is 11.2 Å². The van der Waals surface area contributed by atoms with Crippen molar-refractivity contribution >= 4 is 23.2 Å². The number of hydrogen-bond donors (Lipinski definition) is 1. The molecule has 0 aliphatic carbocycles. The lowest BCUT2D eigenvalue weighted by Gasteiger charge is -2.29. The molecule has 3 rings (SSSR count). The van der Waals surface area contributed by atoms with Crippen molar-refractivity contribution < 1.29 is 19.1 Å². The second-order valence-corrected chi connectivity index (χ2v) is 6.83. The minimum Gasteiger partial charge on any atom is -0.490 e. The molecule has 1 aliphatic rings. The molecule has 1 aliphatic heterocycles. The maximum atomic E-state index is 12.8. The zero-order chi connectivity index (χ0) is 20.8. The first kappa shape index (κ1) is 20.7. The Morgan fingerprint density at radius 1 is 1.00 bits per heavy atom. The fourth-order valence-electron chi connectivity index (χ4n) is 3.52. The van der Waals surface area contributed by atoms with Crippen LogP contribution >= 0.6 is 0 Å². The molecular formula is C23H28N2O4. The Hall–Kier alpha value is -3.02. The Morgan fingerprint density at radius 3 is 2.48 bits per heavy atom. The molecule has 154 valence electrons. The van der Waals surface area contributed by atoms with E-state index in [1.165, 1.54) is 0 Å². The number of anilines is 2. The molecule has 2 aromatic rings. The van der Waals surface area contributed by atoms with Gasteiger partial charge in [-0.3, -0.25) is 9.59 Å². The van der Waals surface area contributed by atoms with Crippen molar-refractivity contribution in [2.45, 2.75) is 40.0 Å². The first-order valence-electron chi connectivity index (χ1n) is 10.2. The SMILES string of the molecule is CCOc1ccc(C(=O)Nc2ccc3c(c2)CCCN3C(=O)CC)cc1OCC. The van der Waals surface area contributed by atoms with Gasteiger partial charge in [0.25, 0.3) is 5.91 Å². The van der Waals surface area contributed by atoms with E-state index in [1.54, 1.807) is 18.2 Å². The average Bonchev–Trinajstić information content (AvgIpc) is 2.74. The molecule has 0 unspecified atom stereocenters. The standard InChI is InChI=1S/C23H28N2O4/c1-4-22(26)25-13-7-8-16-14-18(10-11-19(16)25)24-23(27)17-9-12-20(28-5-2)21(15-17)29-6-3/h9-12,14-15H,4-8,13H2,1-3H3,(H,24,27). The number of hydrogen-bond acceptors (Lipinski definition) is 4. The van der Waals surface area contributed by atoms with Crippen molar-refractivity contribution in [2.24, 2.45) is 0 Å². The van der Waals surface area contributed by atoms with Gasteiger partial charge in [-0.2, -0.15) is 0 Å². The van der Waals surface area contributed by atoms with Crippen molar-refractivity contribution in [3.05, 3.63) is 47.5 Å². The fourth-order valence-corrected chi connectivity index (χ4v) is 3.52. The van der Waals surface area contributed by atoms with Gasteiger partial charge in [0.15, 0.2) is 11.5 Å². The third kappa shape index (κ3) is 4.70. The summed E-state index contributed by atoms with van der Waals surface area (Å²) < 4.78 is 11.2. The van der Waals surface area contributed by atoms with E-state index in [9.17, 15) is 9.59 Å². The number of aryl methyl sites for hydroxylation is 1. The van der Waals surface area contributed by atoms with Crippen LogP contribution in [0.15, 0.2) is 36.4 Å². The van der Waals surface area contributed by atoms with E-state index >= 15 is 0 Å². The third-order valence-corrected chi connectivity index (χ3v) is 4.87. The summed E-state index contributed by atoms with van der Waals surface area (Å²) in [5.41, 5.74) is 3.24. The van der Waals surface area contributed by atoms with Crippen LogP contribution in [0.4, 0.5) is 11.4 Å². The lowest BCUT2D eigenvalue weighted by molar-refractivity contribution is -0.118. The number of nitrogens with one attached hydrogen (secondary N) is 1. The third-order valence-electron chi connectivity index (χ3n) is 4.87. The van der Waals surface area contributed by atoms with E-state index in [2.05, 4.69) is 5.32 Å². The molecule has 2 amide bonds. The number of amides is 2. The van der Waals surface area contributed by atoms with Gasteiger partial charge < -0.3 is 19.7 Å². The molecule has 2 aromatic carbocycles. The molecule has 1 heterocycles. The quantitative estimate of drug-likeness (QED) is 0.752. The molecule has 0 atom stereocenters. The second kappa shape index (κ2) is 9.45. The molecule has 29 heavy (non-hydrogen) atoms. The maximum Gasteiger partial charge on any atom is 0.255 e. The Morgan fingerprint density at radius 2 is 1.76 bits per heavy atom. The van der Waals surface area contributed by atoms with E-state index in [4.69, 9.17) is 9.47 Å². The van der Waals surface area contributed by atoms with Crippen LogP contribution in [0.25, 0.3) is 0 Å². The maximum absolute atomic E-state index is 12.8. The van der Waals surface area contributed by atoms with Gasteiger partial charge in [0.1, 0.15) is 0 Å². The van der Waals surface area contributed by atoms with E-state index in [1.807, 2.05) is 43.9 Å². The minimum atomic E-state index is -0.216. The summed E-state index contributed by atoms with van der Waals surface area (Å²) >= 11 is 0. The molecule has 0 aromatic heterocycles. The number of benzene rings is 2. The normalized spacial score (nSPS) is 12.9. The Labute approximate surface area is 171 Å². The average molecular weight is 396 g/mol. The lowest BCUT2D eigenvalue weighted by atomic mass is 10.0. The van der Waals surface area contributed by atoms with Gasteiger partial charge in [-0.1, -0.05) is 6.92 Å². The molecule has 0 radical (unpaired) electrons. The van der Waals surface area contributed by atoms with Gasteiger partial charge in [0.2, 0.25) is 5.91 Å². The molecular weight excluding hydrogens is 368 g/mol. The Kier molecular flexibility index (Phi) is 6.75. The smallest absolute Gasteiger partial charge is 0.255 e. The first-order chi connectivity index (χ1) is 14.1. The van der Waals surface area contributed by atoms with Gasteiger partial charge in [-0.05, 0) is 68.7 Å². The summed E-state index contributed by atoms with van der Waals surface area (Å²) in [5, 5.41) is 2.95. The van der Waals surface area contributed by atoms with Crippen molar-refractivity contribution in [3.8, 4) is 11.5 Å². The van der Waals surface area contributed by atoms with Crippen LogP contribution in [-0.4, -0.2) is 31.6 Å². The zero-order valence-corrected chi connectivity index (χ0v) is 17.3. The number of fused-ring (bicyclic) bond motifs is 1. The van der Waals surface area contributed by atoms with Gasteiger partial charge in [0, 0.05) is 29.9 Å². The number of carbonyl (C=O) groups is 2. The van der Waals surface area contributed by atoms with E-state index < -0.39 is 0 Å². The van der Waals surface area contributed by atoms with Gasteiger partial charge in [0.05, 0.1) is 13.2 Å². The predicted octanol–water partition coefficient (Wildman–Crippen LogP) is 4.43. The van der Waals surface area contributed by atoms with Crippen molar-refractivity contribution in [2.75, 3.05) is 30.0 Å². The molecule has 0 fully saturated rings. The van der Waals surface area contributed by atoms with E-state index in [-0.39, 0.29) is 11.8 Å². The highest BCUT2D eigenvalue weighted by atomic mass is 16.5. The topological polar surface area (TPSA) is 67.9 Å². The first-order valence-corrected chi connectivity index (χ1v) is 10.2. The summed E-state index contributed by atoms with van der Waals surface area (Å²) in [6.07, 6.45) is 2.30. The van der Waals surface area contributed by atoms with Gasteiger partial charge in [-0.25, -0.2) is 0 Å². The van der Waals surface area contributed by atoms with Crippen LogP contribution in [0.2, 0.25) is 0 Å². The van der Waals surface area contributed by atoms with Crippen LogP contribution in [0.1, 0.15) is 49.5 Å². The summed E-state index contributed by atoms with van der Waals surface area (Å²) in [6.45, 7) is 7.43. The molecule has 1 N–H and O–H groups in total. The highest BCUT2D eigenvalue weighted by Crippen LogP contribution is 2.31. The van der Waals surface area contributed by atoms with E-state index in [0.29, 0.717) is 42.4 Å². The van der Waals surface area contributed by atoms with Crippen molar-refractivity contribution in [3.63, 3.8) is 0 Å². The molecule has 0 spiro atoms. The summed E-state index contributed by atoms with van der Waals surface area (Å²) in [6, 6.07) is 10.9. The molecule has 0 saturated carbocycles. The fraction of sp³-hybridized carbons (Fsp3) is 0.391. The minimum absolute atomic E-state index is 0.126. The second-order valence-electron chi connectivity index (χ2n) is 6.83. The largest absolute Gasteiger partial charge is 0.490 e. The molecule has 6 heteroatoms. The van der Waals surface area contributed by atoms with Crippen molar-refractivity contribution in [1.29, 1.82) is 0 Å².